The number of hydrogen-bond donors (Lipinski definition) is 1. The lowest BCUT2D eigenvalue weighted by molar-refractivity contribution is 0.205. The first-order valence-electron chi connectivity index (χ1n) is 8.53. The van der Waals surface area contributed by atoms with Crippen molar-refractivity contribution in [2.75, 3.05) is 26.7 Å². The predicted molar refractivity (Wildman–Crippen MR) is 108 cm³/mol. The molecule has 1 N–H and O–H groups in total. The number of ether oxygens (including phenoxy) is 1. The summed E-state index contributed by atoms with van der Waals surface area (Å²) in [6, 6.07) is 5.76. The molecule has 1 aromatic heterocycles. The van der Waals surface area contributed by atoms with Crippen LogP contribution >= 0.6 is 24.0 Å². The summed E-state index contributed by atoms with van der Waals surface area (Å²) in [6.45, 7) is 2.84. The van der Waals surface area contributed by atoms with E-state index >= 15 is 0 Å². The lowest BCUT2D eigenvalue weighted by Gasteiger charge is -2.25. The van der Waals surface area contributed by atoms with Crippen molar-refractivity contribution < 1.29 is 4.74 Å². The number of likely N-dealkylation sites (tertiary alicyclic amines) is 1. The number of pyridine rings is 1. The summed E-state index contributed by atoms with van der Waals surface area (Å²) < 4.78 is 5.95. The van der Waals surface area contributed by atoms with Crippen LogP contribution in [0.15, 0.2) is 41.5 Å². The summed E-state index contributed by atoms with van der Waals surface area (Å²) in [4.78, 5) is 11.0. The number of halogens is 1. The molecule has 132 valence electrons. The fourth-order valence-corrected chi connectivity index (χ4v) is 3.21. The van der Waals surface area contributed by atoms with Crippen molar-refractivity contribution in [3.05, 3.63) is 36.5 Å². The van der Waals surface area contributed by atoms with Gasteiger partial charge in [-0.15, -0.1) is 24.0 Å². The van der Waals surface area contributed by atoms with Crippen LogP contribution in [-0.4, -0.2) is 48.6 Å². The van der Waals surface area contributed by atoms with E-state index in [4.69, 9.17) is 4.74 Å². The van der Waals surface area contributed by atoms with E-state index in [1.807, 2.05) is 25.2 Å². The first-order valence-corrected chi connectivity index (χ1v) is 8.53. The summed E-state index contributed by atoms with van der Waals surface area (Å²) in [6.07, 6.45) is 11.2. The standard InChI is InChI=1S/C18H26N4O.HI/c1-19-18(21-13-15-7-3-2-4-8-15)22-12-10-16(14-22)23-17-9-5-6-11-20-17;/h2-3,5-6,9,11,15-16H,4,7-8,10,12-14H2,1H3,(H,19,21);1H. The molecule has 0 aromatic carbocycles. The van der Waals surface area contributed by atoms with Gasteiger partial charge in [-0.05, 0) is 31.2 Å². The van der Waals surface area contributed by atoms with Gasteiger partial charge in [0.15, 0.2) is 5.96 Å². The summed E-state index contributed by atoms with van der Waals surface area (Å²) in [5.74, 6) is 2.42. The van der Waals surface area contributed by atoms with Crippen molar-refractivity contribution in [2.45, 2.75) is 31.8 Å². The predicted octanol–water partition coefficient (Wildman–Crippen LogP) is 3.08. The van der Waals surface area contributed by atoms with Crippen molar-refractivity contribution in [1.82, 2.24) is 15.2 Å². The fourth-order valence-electron chi connectivity index (χ4n) is 3.21. The van der Waals surface area contributed by atoms with Crippen molar-refractivity contribution in [3.63, 3.8) is 0 Å². The first kappa shape index (κ1) is 19.0. The number of nitrogens with one attached hydrogen (secondary N) is 1. The molecule has 1 fully saturated rings. The number of rotatable bonds is 4. The third-order valence-electron chi connectivity index (χ3n) is 4.51. The molecule has 5 nitrogen and oxygen atoms in total. The second-order valence-electron chi connectivity index (χ2n) is 6.22. The van der Waals surface area contributed by atoms with Crippen LogP contribution in [0.4, 0.5) is 0 Å². The molecular formula is C18H27IN4O. The van der Waals surface area contributed by atoms with Gasteiger partial charge in [-0.2, -0.15) is 0 Å². The second kappa shape index (κ2) is 9.86. The Kier molecular flexibility index (Phi) is 7.81. The number of allylic oxidation sites excluding steroid dienone is 2. The van der Waals surface area contributed by atoms with Gasteiger partial charge < -0.3 is 15.0 Å². The van der Waals surface area contributed by atoms with Crippen LogP contribution in [0, 0.1) is 5.92 Å². The van der Waals surface area contributed by atoms with Crippen LogP contribution < -0.4 is 10.1 Å². The molecule has 0 saturated carbocycles. The molecular weight excluding hydrogens is 415 g/mol. The highest BCUT2D eigenvalue weighted by atomic mass is 127. The van der Waals surface area contributed by atoms with E-state index in [1.165, 1.54) is 19.3 Å². The average Bonchev–Trinajstić information content (AvgIpc) is 3.06. The molecule has 2 heterocycles. The van der Waals surface area contributed by atoms with Gasteiger partial charge in [-0.1, -0.05) is 18.2 Å². The highest BCUT2D eigenvalue weighted by Crippen LogP contribution is 2.18. The summed E-state index contributed by atoms with van der Waals surface area (Å²) >= 11 is 0. The molecule has 2 aliphatic rings. The molecule has 3 rings (SSSR count). The largest absolute Gasteiger partial charge is 0.472 e. The topological polar surface area (TPSA) is 49.8 Å². The van der Waals surface area contributed by atoms with E-state index in [-0.39, 0.29) is 30.1 Å². The van der Waals surface area contributed by atoms with Crippen LogP contribution in [0.1, 0.15) is 25.7 Å². The molecule has 24 heavy (non-hydrogen) atoms. The molecule has 2 atom stereocenters. The fraction of sp³-hybridized carbons (Fsp3) is 0.556. The summed E-state index contributed by atoms with van der Waals surface area (Å²) in [5.41, 5.74) is 0. The van der Waals surface area contributed by atoms with E-state index in [2.05, 4.69) is 32.3 Å². The lowest BCUT2D eigenvalue weighted by Crippen LogP contribution is -2.42. The Balaban J connectivity index is 0.00000208. The second-order valence-corrected chi connectivity index (χ2v) is 6.22. The van der Waals surface area contributed by atoms with E-state index in [1.54, 1.807) is 6.20 Å². The first-order chi connectivity index (χ1) is 11.3. The smallest absolute Gasteiger partial charge is 0.213 e. The summed E-state index contributed by atoms with van der Waals surface area (Å²) in [5, 5.41) is 3.54. The van der Waals surface area contributed by atoms with Gasteiger partial charge in [-0.25, -0.2) is 4.98 Å². The highest BCUT2D eigenvalue weighted by molar-refractivity contribution is 14.0. The van der Waals surface area contributed by atoms with Gasteiger partial charge in [-0.3, -0.25) is 4.99 Å². The summed E-state index contributed by atoms with van der Waals surface area (Å²) in [7, 11) is 1.86. The Labute approximate surface area is 161 Å². The maximum atomic E-state index is 5.95. The van der Waals surface area contributed by atoms with Crippen LogP contribution in [-0.2, 0) is 0 Å². The molecule has 1 saturated heterocycles. The van der Waals surface area contributed by atoms with Gasteiger partial charge in [0.1, 0.15) is 6.10 Å². The van der Waals surface area contributed by atoms with E-state index < -0.39 is 0 Å². The zero-order valence-electron chi connectivity index (χ0n) is 14.2. The normalized spacial score (nSPS) is 23.7. The molecule has 0 spiro atoms. The third kappa shape index (κ3) is 5.36. The molecule has 0 radical (unpaired) electrons. The zero-order valence-corrected chi connectivity index (χ0v) is 16.6. The number of hydrogen-bond acceptors (Lipinski definition) is 3. The average molecular weight is 442 g/mol. The quantitative estimate of drug-likeness (QED) is 0.337. The van der Waals surface area contributed by atoms with Crippen LogP contribution in [0.5, 0.6) is 5.88 Å². The van der Waals surface area contributed by atoms with Crippen LogP contribution in [0.2, 0.25) is 0 Å². The maximum Gasteiger partial charge on any atom is 0.213 e. The Hall–Kier alpha value is -1.31. The molecule has 0 bridgehead atoms. The van der Waals surface area contributed by atoms with Crippen LogP contribution in [0.3, 0.4) is 0 Å². The van der Waals surface area contributed by atoms with E-state index in [0.29, 0.717) is 5.88 Å². The Bertz CT molecular complexity index is 549. The van der Waals surface area contributed by atoms with Crippen molar-refractivity contribution in [2.24, 2.45) is 10.9 Å². The van der Waals surface area contributed by atoms with Crippen molar-refractivity contribution >= 4 is 29.9 Å². The van der Waals surface area contributed by atoms with Gasteiger partial charge in [0.2, 0.25) is 5.88 Å². The highest BCUT2D eigenvalue weighted by Gasteiger charge is 2.26. The van der Waals surface area contributed by atoms with Crippen LogP contribution in [0.25, 0.3) is 0 Å². The Morgan fingerprint density at radius 1 is 1.38 bits per heavy atom. The molecule has 6 heteroatoms. The van der Waals surface area contributed by atoms with E-state index in [9.17, 15) is 0 Å². The van der Waals surface area contributed by atoms with Gasteiger partial charge in [0.25, 0.3) is 0 Å². The van der Waals surface area contributed by atoms with Gasteiger partial charge in [0.05, 0.1) is 6.54 Å². The Morgan fingerprint density at radius 2 is 2.29 bits per heavy atom. The van der Waals surface area contributed by atoms with Gasteiger partial charge >= 0.3 is 0 Å². The van der Waals surface area contributed by atoms with Crippen molar-refractivity contribution in [1.29, 1.82) is 0 Å². The number of aromatic nitrogens is 1. The number of guanidine groups is 1. The molecule has 2 unspecified atom stereocenters. The molecule has 1 aliphatic carbocycles. The minimum atomic E-state index is 0. The zero-order chi connectivity index (χ0) is 15.9. The monoisotopic (exact) mass is 442 g/mol. The minimum Gasteiger partial charge on any atom is -0.472 e. The number of nitrogens with zero attached hydrogens (tertiary/aromatic N) is 3. The van der Waals surface area contributed by atoms with Crippen molar-refractivity contribution in [3.8, 4) is 5.88 Å². The third-order valence-corrected chi connectivity index (χ3v) is 4.51. The Morgan fingerprint density at radius 3 is 3.00 bits per heavy atom. The van der Waals surface area contributed by atoms with Gasteiger partial charge in [0, 0.05) is 38.8 Å². The number of aliphatic imine (C=N–C) groups is 1. The molecule has 0 amide bonds. The minimum absolute atomic E-state index is 0. The SMILES string of the molecule is CN=C(NCC1CC=CCC1)N1CCC(Oc2ccccn2)C1.I. The lowest BCUT2D eigenvalue weighted by atomic mass is 9.94. The molecule has 1 aliphatic heterocycles. The maximum absolute atomic E-state index is 5.95. The van der Waals surface area contributed by atoms with E-state index in [0.717, 1.165) is 37.9 Å². The molecule has 1 aromatic rings.